The van der Waals surface area contributed by atoms with Crippen LogP contribution in [0.4, 0.5) is 0 Å². The summed E-state index contributed by atoms with van der Waals surface area (Å²) >= 11 is 0. The molecule has 3 N–H and O–H groups in total. The van der Waals surface area contributed by atoms with Gasteiger partial charge in [-0.3, -0.25) is 0 Å². The first kappa shape index (κ1) is 9.47. The van der Waals surface area contributed by atoms with Gasteiger partial charge in [-0.05, 0) is 43.4 Å². The second-order valence-corrected chi connectivity index (χ2v) is 5.49. The highest BCUT2D eigenvalue weighted by Crippen LogP contribution is 2.46. The van der Waals surface area contributed by atoms with E-state index in [1.54, 1.807) is 0 Å². The lowest BCUT2D eigenvalue weighted by molar-refractivity contribution is -0.0876. The van der Waals surface area contributed by atoms with Crippen molar-refractivity contribution >= 4 is 0 Å². The monoisotopic (exact) mass is 183 g/mol. The molecule has 2 rings (SSSR count). The number of aliphatic hydroxyl groups is 1. The van der Waals surface area contributed by atoms with Gasteiger partial charge in [0.2, 0.25) is 0 Å². The summed E-state index contributed by atoms with van der Waals surface area (Å²) < 4.78 is 0. The van der Waals surface area contributed by atoms with Gasteiger partial charge in [0.05, 0.1) is 5.60 Å². The molecule has 0 amide bonds. The van der Waals surface area contributed by atoms with E-state index >= 15 is 0 Å². The Balaban J connectivity index is 2.17. The normalized spacial score (nSPS) is 56.3. The molecule has 2 nitrogen and oxygen atoms in total. The molecule has 76 valence electrons. The van der Waals surface area contributed by atoms with E-state index in [-0.39, 0.29) is 5.60 Å². The van der Waals surface area contributed by atoms with E-state index < -0.39 is 0 Å². The van der Waals surface area contributed by atoms with Gasteiger partial charge < -0.3 is 10.8 Å². The Morgan fingerprint density at radius 3 is 2.62 bits per heavy atom. The van der Waals surface area contributed by atoms with Crippen LogP contribution in [0.2, 0.25) is 0 Å². The second kappa shape index (κ2) is 2.96. The van der Waals surface area contributed by atoms with Crippen LogP contribution >= 0.6 is 0 Å². The molecule has 0 aliphatic heterocycles. The zero-order valence-corrected chi connectivity index (χ0v) is 8.66. The van der Waals surface area contributed by atoms with Crippen molar-refractivity contribution in [2.75, 3.05) is 0 Å². The van der Waals surface area contributed by atoms with Gasteiger partial charge in [0.15, 0.2) is 0 Å². The number of nitrogens with two attached hydrogens (primary N) is 1. The molecule has 0 radical (unpaired) electrons. The lowest BCUT2D eigenvalue weighted by Crippen LogP contribution is -2.53. The van der Waals surface area contributed by atoms with Gasteiger partial charge in [-0.1, -0.05) is 13.8 Å². The zero-order chi connectivity index (χ0) is 9.64. The first-order valence-corrected chi connectivity index (χ1v) is 5.48. The van der Waals surface area contributed by atoms with E-state index in [0.29, 0.717) is 23.8 Å². The minimum atomic E-state index is -0.377. The molecule has 2 saturated carbocycles. The highest BCUT2D eigenvalue weighted by molar-refractivity contribution is 5.00. The third-order valence-electron chi connectivity index (χ3n) is 3.98. The summed E-state index contributed by atoms with van der Waals surface area (Å²) in [5, 5.41) is 10.3. The number of fused-ring (bicyclic) bond motifs is 2. The van der Waals surface area contributed by atoms with E-state index in [4.69, 9.17) is 5.73 Å². The van der Waals surface area contributed by atoms with Crippen molar-refractivity contribution in [2.45, 2.75) is 51.2 Å². The molecule has 5 atom stereocenters. The fourth-order valence-electron chi connectivity index (χ4n) is 3.56. The average Bonchev–Trinajstić information content (AvgIpc) is 1.98. The minimum absolute atomic E-state index is 0.322. The van der Waals surface area contributed by atoms with Gasteiger partial charge in [0, 0.05) is 6.04 Å². The van der Waals surface area contributed by atoms with Crippen LogP contribution in [0, 0.1) is 17.8 Å². The van der Waals surface area contributed by atoms with Gasteiger partial charge in [-0.25, -0.2) is 0 Å². The molecule has 0 heterocycles. The topological polar surface area (TPSA) is 46.2 Å². The highest BCUT2D eigenvalue weighted by atomic mass is 16.3. The van der Waals surface area contributed by atoms with E-state index in [1.807, 2.05) is 0 Å². The standard InChI is InChI=1S/C11H21NO/c1-7-3-9-6-11(13,4-7)5-8(2)10(9)12/h7-10,13H,3-6,12H2,1-2H3. The van der Waals surface area contributed by atoms with Crippen LogP contribution in [0.5, 0.6) is 0 Å². The molecule has 0 saturated heterocycles. The maximum absolute atomic E-state index is 10.3. The van der Waals surface area contributed by atoms with Gasteiger partial charge in [-0.15, -0.1) is 0 Å². The Bertz CT molecular complexity index is 202. The van der Waals surface area contributed by atoms with E-state index in [0.717, 1.165) is 19.3 Å². The van der Waals surface area contributed by atoms with Gasteiger partial charge in [-0.2, -0.15) is 0 Å². The van der Waals surface area contributed by atoms with Crippen LogP contribution in [0.15, 0.2) is 0 Å². The van der Waals surface area contributed by atoms with Crippen LogP contribution < -0.4 is 5.73 Å². The van der Waals surface area contributed by atoms with Crippen molar-refractivity contribution < 1.29 is 5.11 Å². The smallest absolute Gasteiger partial charge is 0.0656 e. The molecule has 0 spiro atoms. The van der Waals surface area contributed by atoms with Gasteiger partial charge >= 0.3 is 0 Å². The second-order valence-electron chi connectivity index (χ2n) is 5.49. The molecule has 2 heteroatoms. The third kappa shape index (κ3) is 1.62. The average molecular weight is 183 g/mol. The SMILES string of the molecule is CC1CC2CC(O)(C1)CC(C)C2N. The lowest BCUT2D eigenvalue weighted by Gasteiger charge is -2.49. The quantitative estimate of drug-likeness (QED) is 0.598. The van der Waals surface area contributed by atoms with Crippen LogP contribution in [-0.2, 0) is 0 Å². The Kier molecular flexibility index (Phi) is 2.16. The molecule has 2 bridgehead atoms. The lowest BCUT2D eigenvalue weighted by atomic mass is 9.61. The molecule has 0 aromatic heterocycles. The van der Waals surface area contributed by atoms with Crippen LogP contribution in [0.1, 0.15) is 39.5 Å². The fourth-order valence-corrected chi connectivity index (χ4v) is 3.56. The Labute approximate surface area is 80.5 Å². The molecule has 2 fully saturated rings. The predicted molar refractivity (Wildman–Crippen MR) is 53.2 cm³/mol. The third-order valence-corrected chi connectivity index (χ3v) is 3.98. The van der Waals surface area contributed by atoms with Crippen molar-refractivity contribution in [1.29, 1.82) is 0 Å². The van der Waals surface area contributed by atoms with Crippen LogP contribution in [0.3, 0.4) is 0 Å². The van der Waals surface area contributed by atoms with Crippen molar-refractivity contribution in [3.63, 3.8) is 0 Å². The van der Waals surface area contributed by atoms with E-state index in [9.17, 15) is 5.11 Å². The maximum atomic E-state index is 10.3. The summed E-state index contributed by atoms with van der Waals surface area (Å²) in [6.07, 6.45) is 4.06. The van der Waals surface area contributed by atoms with Crippen molar-refractivity contribution in [3.05, 3.63) is 0 Å². The number of hydrogen-bond acceptors (Lipinski definition) is 2. The zero-order valence-electron chi connectivity index (χ0n) is 8.66. The van der Waals surface area contributed by atoms with Crippen LogP contribution in [-0.4, -0.2) is 16.7 Å². The summed E-state index contributed by atoms with van der Waals surface area (Å²) in [6.45, 7) is 4.41. The van der Waals surface area contributed by atoms with Crippen molar-refractivity contribution in [1.82, 2.24) is 0 Å². The van der Waals surface area contributed by atoms with Crippen LogP contribution in [0.25, 0.3) is 0 Å². The first-order valence-electron chi connectivity index (χ1n) is 5.48. The molecule has 2 aliphatic rings. The summed E-state index contributed by atoms with van der Waals surface area (Å²) in [5.74, 6) is 1.72. The number of rotatable bonds is 0. The molecular weight excluding hydrogens is 162 g/mol. The Hall–Kier alpha value is -0.0800. The first-order chi connectivity index (χ1) is 6.00. The summed E-state index contributed by atoms with van der Waals surface area (Å²) in [7, 11) is 0. The van der Waals surface area contributed by atoms with Crippen molar-refractivity contribution in [2.24, 2.45) is 23.5 Å². The Morgan fingerprint density at radius 1 is 1.23 bits per heavy atom. The molecule has 0 aromatic carbocycles. The van der Waals surface area contributed by atoms with E-state index in [2.05, 4.69) is 13.8 Å². The molecule has 5 unspecified atom stereocenters. The molecule has 2 aliphatic carbocycles. The fraction of sp³-hybridized carbons (Fsp3) is 1.00. The van der Waals surface area contributed by atoms with Crippen molar-refractivity contribution in [3.8, 4) is 0 Å². The maximum Gasteiger partial charge on any atom is 0.0656 e. The van der Waals surface area contributed by atoms with E-state index in [1.165, 1.54) is 6.42 Å². The largest absolute Gasteiger partial charge is 0.390 e. The summed E-state index contributed by atoms with van der Waals surface area (Å²) in [6, 6.07) is 0.322. The Morgan fingerprint density at radius 2 is 1.92 bits per heavy atom. The molecular formula is C11H21NO. The predicted octanol–water partition coefficient (Wildman–Crippen LogP) is 1.52. The minimum Gasteiger partial charge on any atom is -0.390 e. The number of hydrogen-bond donors (Lipinski definition) is 2. The summed E-state index contributed by atoms with van der Waals surface area (Å²) in [5.41, 5.74) is 5.76. The molecule has 13 heavy (non-hydrogen) atoms. The van der Waals surface area contributed by atoms with Gasteiger partial charge in [0.25, 0.3) is 0 Å². The summed E-state index contributed by atoms with van der Waals surface area (Å²) in [4.78, 5) is 0. The highest BCUT2D eigenvalue weighted by Gasteiger charge is 2.46. The van der Waals surface area contributed by atoms with Gasteiger partial charge in [0.1, 0.15) is 0 Å². The molecule has 0 aromatic rings.